The zero-order valence-corrected chi connectivity index (χ0v) is 8.16. The molecule has 0 radical (unpaired) electrons. The van der Waals surface area contributed by atoms with Gasteiger partial charge in [-0.3, -0.25) is 0 Å². The van der Waals surface area contributed by atoms with Crippen LogP contribution in [0.1, 0.15) is 19.3 Å². The minimum Gasteiger partial charge on any atom is -0.393 e. The van der Waals surface area contributed by atoms with Crippen LogP contribution < -0.4 is 0 Å². The van der Waals surface area contributed by atoms with E-state index in [1.54, 1.807) is 7.11 Å². The first-order chi connectivity index (χ1) is 6.31. The maximum absolute atomic E-state index is 9.33. The Balaban J connectivity index is 3.08. The van der Waals surface area contributed by atoms with Crippen LogP contribution in [0.5, 0.6) is 0 Å². The highest BCUT2D eigenvalue weighted by Gasteiger charge is 2.01. The summed E-state index contributed by atoms with van der Waals surface area (Å²) in [6.45, 7) is 1.74. The first-order valence-electron chi connectivity index (χ1n) is 4.49. The van der Waals surface area contributed by atoms with E-state index < -0.39 is 0 Å². The molecular formula is C10H18O3. The van der Waals surface area contributed by atoms with Gasteiger partial charge in [-0.1, -0.05) is 0 Å². The van der Waals surface area contributed by atoms with Crippen molar-refractivity contribution in [3.63, 3.8) is 0 Å². The summed E-state index contributed by atoms with van der Waals surface area (Å²) in [5, 5.41) is 9.33. The molecule has 3 heteroatoms. The zero-order valence-electron chi connectivity index (χ0n) is 8.16. The lowest BCUT2D eigenvalue weighted by atomic mass is 10.1. The monoisotopic (exact) mass is 186 g/mol. The minimum atomic E-state index is -0.335. The fourth-order valence-electron chi connectivity index (χ4n) is 0.858. The summed E-state index contributed by atoms with van der Waals surface area (Å²) in [6, 6.07) is 0. The molecule has 0 amide bonds. The van der Waals surface area contributed by atoms with Crippen molar-refractivity contribution >= 4 is 0 Å². The molecule has 0 spiro atoms. The molecule has 1 N–H and O–H groups in total. The Labute approximate surface area is 80.0 Å². The van der Waals surface area contributed by atoms with Crippen molar-refractivity contribution in [2.24, 2.45) is 0 Å². The predicted octanol–water partition coefficient (Wildman–Crippen LogP) is 0.814. The number of terminal acetylenes is 1. The normalized spacial score (nSPS) is 12.4. The lowest BCUT2D eigenvalue weighted by molar-refractivity contribution is 0.0463. The molecule has 0 aromatic rings. The topological polar surface area (TPSA) is 38.7 Å². The summed E-state index contributed by atoms with van der Waals surface area (Å²) in [4.78, 5) is 0. The van der Waals surface area contributed by atoms with Crippen molar-refractivity contribution in [1.29, 1.82) is 0 Å². The molecule has 0 rings (SSSR count). The molecule has 0 aliphatic heterocycles. The smallest absolute Gasteiger partial charge is 0.0700 e. The van der Waals surface area contributed by atoms with E-state index in [0.29, 0.717) is 39.1 Å². The summed E-state index contributed by atoms with van der Waals surface area (Å²) in [5.41, 5.74) is 0. The molecule has 0 aromatic carbocycles. The van der Waals surface area contributed by atoms with Crippen LogP contribution in [0.2, 0.25) is 0 Å². The van der Waals surface area contributed by atoms with E-state index in [0.717, 1.165) is 0 Å². The van der Waals surface area contributed by atoms with Crippen molar-refractivity contribution in [3.8, 4) is 12.3 Å². The largest absolute Gasteiger partial charge is 0.393 e. The SMILES string of the molecule is C#CCCC(O)CCOCCOC. The van der Waals surface area contributed by atoms with Gasteiger partial charge in [0.25, 0.3) is 0 Å². The predicted molar refractivity (Wildman–Crippen MR) is 51.4 cm³/mol. The highest BCUT2D eigenvalue weighted by atomic mass is 16.5. The van der Waals surface area contributed by atoms with E-state index in [2.05, 4.69) is 5.92 Å². The van der Waals surface area contributed by atoms with Crippen molar-refractivity contribution in [2.45, 2.75) is 25.4 Å². The third kappa shape index (κ3) is 9.35. The van der Waals surface area contributed by atoms with Gasteiger partial charge in [-0.05, 0) is 12.8 Å². The van der Waals surface area contributed by atoms with Gasteiger partial charge in [-0.25, -0.2) is 0 Å². The van der Waals surface area contributed by atoms with Crippen LogP contribution in [0, 0.1) is 12.3 Å². The summed E-state index contributed by atoms with van der Waals surface area (Å²) >= 11 is 0. The molecule has 1 unspecified atom stereocenters. The van der Waals surface area contributed by atoms with Gasteiger partial charge in [0.15, 0.2) is 0 Å². The summed E-state index contributed by atoms with van der Waals surface area (Å²) in [5.74, 6) is 2.49. The van der Waals surface area contributed by atoms with Gasteiger partial charge in [-0.2, -0.15) is 0 Å². The molecule has 0 aliphatic rings. The second-order valence-corrected chi connectivity index (χ2v) is 2.79. The third-order valence-electron chi connectivity index (χ3n) is 1.65. The molecule has 13 heavy (non-hydrogen) atoms. The molecule has 0 aliphatic carbocycles. The molecule has 0 saturated carbocycles. The Hall–Kier alpha value is -0.560. The van der Waals surface area contributed by atoms with E-state index in [1.807, 2.05) is 0 Å². The molecule has 0 heterocycles. The van der Waals surface area contributed by atoms with Gasteiger partial charge < -0.3 is 14.6 Å². The fourth-order valence-corrected chi connectivity index (χ4v) is 0.858. The molecule has 0 aromatic heterocycles. The minimum absolute atomic E-state index is 0.335. The molecule has 0 saturated heterocycles. The maximum atomic E-state index is 9.33. The number of hydrogen-bond acceptors (Lipinski definition) is 3. The third-order valence-corrected chi connectivity index (χ3v) is 1.65. The lowest BCUT2D eigenvalue weighted by Crippen LogP contribution is -2.11. The van der Waals surface area contributed by atoms with Crippen molar-refractivity contribution in [1.82, 2.24) is 0 Å². The van der Waals surface area contributed by atoms with Gasteiger partial charge in [0.1, 0.15) is 0 Å². The standard InChI is InChI=1S/C10H18O3/c1-3-4-5-10(11)6-7-13-9-8-12-2/h1,10-11H,4-9H2,2H3. The van der Waals surface area contributed by atoms with Crippen LogP contribution in [0.4, 0.5) is 0 Å². The van der Waals surface area contributed by atoms with Gasteiger partial charge in [0.2, 0.25) is 0 Å². The number of ether oxygens (including phenoxy) is 2. The van der Waals surface area contributed by atoms with Crippen LogP contribution in [0.3, 0.4) is 0 Å². The Bertz CT molecular complexity index is 140. The molecule has 0 bridgehead atoms. The molecule has 1 atom stereocenters. The Morgan fingerprint density at radius 3 is 2.69 bits per heavy atom. The van der Waals surface area contributed by atoms with Crippen molar-refractivity contribution in [2.75, 3.05) is 26.9 Å². The fraction of sp³-hybridized carbons (Fsp3) is 0.800. The van der Waals surface area contributed by atoms with E-state index in [-0.39, 0.29) is 6.10 Å². The highest BCUT2D eigenvalue weighted by molar-refractivity contribution is 4.84. The number of rotatable bonds is 8. The molecule has 0 fully saturated rings. The molecule has 76 valence electrons. The summed E-state index contributed by atoms with van der Waals surface area (Å²) in [6.07, 6.45) is 6.65. The highest BCUT2D eigenvalue weighted by Crippen LogP contribution is 2.00. The van der Waals surface area contributed by atoms with Gasteiger partial charge in [0.05, 0.1) is 19.3 Å². The Morgan fingerprint density at radius 2 is 2.08 bits per heavy atom. The van der Waals surface area contributed by atoms with Gasteiger partial charge in [-0.15, -0.1) is 12.3 Å². The summed E-state index contributed by atoms with van der Waals surface area (Å²) in [7, 11) is 1.63. The van der Waals surface area contributed by atoms with Crippen molar-refractivity contribution < 1.29 is 14.6 Å². The zero-order chi connectivity index (χ0) is 9.94. The quantitative estimate of drug-likeness (QED) is 0.450. The Kier molecular flexibility index (Phi) is 9.12. The van der Waals surface area contributed by atoms with Crippen molar-refractivity contribution in [3.05, 3.63) is 0 Å². The van der Waals surface area contributed by atoms with E-state index in [4.69, 9.17) is 15.9 Å². The average molecular weight is 186 g/mol. The second-order valence-electron chi connectivity index (χ2n) is 2.79. The van der Waals surface area contributed by atoms with Crippen LogP contribution in [0.15, 0.2) is 0 Å². The second kappa shape index (κ2) is 9.53. The number of methoxy groups -OCH3 is 1. The molecule has 3 nitrogen and oxygen atoms in total. The first kappa shape index (κ1) is 12.4. The average Bonchev–Trinajstić information content (AvgIpc) is 2.14. The van der Waals surface area contributed by atoms with Gasteiger partial charge in [0, 0.05) is 20.1 Å². The molecular weight excluding hydrogens is 168 g/mol. The summed E-state index contributed by atoms with van der Waals surface area (Å²) < 4.78 is 9.99. The maximum Gasteiger partial charge on any atom is 0.0700 e. The number of hydrogen-bond donors (Lipinski definition) is 1. The Morgan fingerprint density at radius 1 is 1.31 bits per heavy atom. The lowest BCUT2D eigenvalue weighted by Gasteiger charge is -2.08. The first-order valence-corrected chi connectivity index (χ1v) is 4.49. The van der Waals surface area contributed by atoms with Gasteiger partial charge >= 0.3 is 0 Å². The van der Waals surface area contributed by atoms with Crippen LogP contribution in [0.25, 0.3) is 0 Å². The van der Waals surface area contributed by atoms with Crippen LogP contribution >= 0.6 is 0 Å². The number of aliphatic hydroxyl groups is 1. The van der Waals surface area contributed by atoms with Crippen LogP contribution in [-0.4, -0.2) is 38.1 Å². The van der Waals surface area contributed by atoms with E-state index in [9.17, 15) is 5.11 Å². The van der Waals surface area contributed by atoms with E-state index >= 15 is 0 Å². The number of aliphatic hydroxyl groups excluding tert-OH is 1. The van der Waals surface area contributed by atoms with Crippen LogP contribution in [-0.2, 0) is 9.47 Å². The van der Waals surface area contributed by atoms with E-state index in [1.165, 1.54) is 0 Å².